The Morgan fingerprint density at radius 2 is 2.00 bits per heavy atom. The summed E-state index contributed by atoms with van der Waals surface area (Å²) in [5.41, 5.74) is 3.75. The van der Waals surface area contributed by atoms with E-state index in [0.717, 1.165) is 0 Å². The van der Waals surface area contributed by atoms with Gasteiger partial charge in [-0.3, -0.25) is 10.3 Å². The number of alkyl carbamates (subject to hydrolysis) is 1. The molecule has 3 N–H and O–H groups in total. The third-order valence-corrected chi connectivity index (χ3v) is 8.99. The van der Waals surface area contributed by atoms with E-state index in [1.807, 2.05) is 0 Å². The number of nitrogen functional groups attached to an aromatic ring is 1. The van der Waals surface area contributed by atoms with Crippen LogP contribution in [0.25, 0.3) is 0 Å². The Hall–Kier alpha value is -2.23. The molecular formula is C19H28FN5O3S. The molecule has 1 amide bonds. The molecule has 2 aliphatic rings. The summed E-state index contributed by atoms with van der Waals surface area (Å²) in [5.74, 6) is -0.342. The second-order valence-corrected chi connectivity index (χ2v) is 12.0. The lowest BCUT2D eigenvalue weighted by Crippen LogP contribution is -2.61. The molecule has 0 aliphatic carbocycles. The predicted molar refractivity (Wildman–Crippen MR) is 111 cm³/mol. The van der Waals surface area contributed by atoms with E-state index in [0.29, 0.717) is 13.0 Å². The number of anilines is 1. The number of aromatic nitrogens is 1. The Labute approximate surface area is 170 Å². The molecule has 0 unspecified atom stereocenters. The van der Waals surface area contributed by atoms with Gasteiger partial charge >= 0.3 is 6.09 Å². The first kappa shape index (κ1) is 21.5. The zero-order valence-electron chi connectivity index (χ0n) is 17.6. The molecule has 0 aromatic carbocycles. The molecule has 29 heavy (non-hydrogen) atoms. The molecule has 3 heterocycles. The van der Waals surface area contributed by atoms with Gasteiger partial charge < -0.3 is 10.5 Å². The maximum absolute atomic E-state index is 14.8. The fourth-order valence-corrected chi connectivity index (χ4v) is 7.01. The van der Waals surface area contributed by atoms with Gasteiger partial charge in [-0.25, -0.2) is 22.7 Å². The number of ether oxygens (including phenoxy) is 1. The van der Waals surface area contributed by atoms with E-state index in [1.165, 1.54) is 12.1 Å². The van der Waals surface area contributed by atoms with Crippen molar-refractivity contribution in [3.05, 3.63) is 23.6 Å². The van der Waals surface area contributed by atoms with Gasteiger partial charge in [-0.1, -0.05) is 0 Å². The summed E-state index contributed by atoms with van der Waals surface area (Å²) in [4.78, 5) is 21.3. The fraction of sp³-hybridized carbons (Fsp3) is 0.632. The number of nitrogens with two attached hydrogens (primary N) is 1. The van der Waals surface area contributed by atoms with Crippen LogP contribution in [0.1, 0.15) is 53.7 Å². The molecular weight excluding hydrogens is 397 g/mol. The van der Waals surface area contributed by atoms with Crippen molar-refractivity contribution in [2.75, 3.05) is 12.3 Å². The monoisotopic (exact) mass is 425 g/mol. The quantitative estimate of drug-likeness (QED) is 0.717. The Bertz CT molecular complexity index is 1010. The van der Waals surface area contributed by atoms with Crippen LogP contribution >= 0.6 is 0 Å². The number of nitrogens with one attached hydrogen (secondary N) is 1. The number of carbonyl (C=O) groups excluding carboxylic acids is 1. The molecule has 8 nitrogen and oxygen atoms in total. The highest BCUT2D eigenvalue weighted by Gasteiger charge is 2.58. The molecule has 1 aromatic rings. The highest BCUT2D eigenvalue weighted by molar-refractivity contribution is 7.96. The molecule has 0 spiro atoms. The lowest BCUT2D eigenvalue weighted by Gasteiger charge is -2.44. The number of amides is 1. The molecule has 1 aromatic heterocycles. The fourth-order valence-electron chi connectivity index (χ4n) is 3.84. The van der Waals surface area contributed by atoms with Crippen molar-refractivity contribution in [1.82, 2.24) is 10.3 Å². The van der Waals surface area contributed by atoms with Gasteiger partial charge in [0.2, 0.25) is 0 Å². The molecule has 0 saturated heterocycles. The van der Waals surface area contributed by atoms with E-state index in [-0.39, 0.29) is 17.3 Å². The smallest absolute Gasteiger partial charge is 0.413 e. The number of halogens is 1. The average molecular weight is 426 g/mol. The van der Waals surface area contributed by atoms with E-state index in [2.05, 4.69) is 14.7 Å². The lowest BCUT2D eigenvalue weighted by atomic mass is 9.89. The Kier molecular flexibility index (Phi) is 4.92. The van der Waals surface area contributed by atoms with Crippen LogP contribution in [0.4, 0.5) is 15.0 Å². The number of rotatable bonds is 1. The molecule has 3 rings (SSSR count). The van der Waals surface area contributed by atoms with Gasteiger partial charge in [-0.15, -0.1) is 0 Å². The van der Waals surface area contributed by atoms with Gasteiger partial charge in [0.05, 0.1) is 15.0 Å². The number of carbonyl (C=O) groups is 1. The highest BCUT2D eigenvalue weighted by Crippen LogP contribution is 2.47. The SMILES string of the molecule is CC(C)(C)OC(=O)NC1=N[C@@](C)(c2nc(N)ccc2F)[C@H]2CCN=[S@@]2(=O)C1(C)C. The number of nitrogens with zero attached hydrogens (tertiary/aromatic N) is 3. The minimum absolute atomic E-state index is 0.00804. The van der Waals surface area contributed by atoms with Crippen LogP contribution in [0.2, 0.25) is 0 Å². The number of amidine groups is 1. The third-order valence-electron chi connectivity index (χ3n) is 5.30. The van der Waals surface area contributed by atoms with Crippen molar-refractivity contribution < 1.29 is 18.1 Å². The van der Waals surface area contributed by atoms with E-state index in [4.69, 9.17) is 15.5 Å². The van der Waals surface area contributed by atoms with Crippen molar-refractivity contribution in [2.45, 2.75) is 69.1 Å². The average Bonchev–Trinajstić information content (AvgIpc) is 2.98. The molecule has 3 atom stereocenters. The minimum atomic E-state index is -2.92. The molecule has 2 aliphatic heterocycles. The first-order valence-electron chi connectivity index (χ1n) is 9.45. The van der Waals surface area contributed by atoms with Crippen LogP contribution in [0, 0.1) is 5.82 Å². The Morgan fingerprint density at radius 1 is 1.34 bits per heavy atom. The summed E-state index contributed by atoms with van der Waals surface area (Å²) in [6, 6.07) is 2.57. The van der Waals surface area contributed by atoms with Gasteiger partial charge in [0, 0.05) is 6.54 Å². The van der Waals surface area contributed by atoms with Gasteiger partial charge in [0.15, 0.2) is 0 Å². The van der Waals surface area contributed by atoms with Crippen LogP contribution < -0.4 is 11.1 Å². The maximum Gasteiger partial charge on any atom is 0.413 e. The Balaban J connectivity index is 2.18. The molecule has 10 heteroatoms. The van der Waals surface area contributed by atoms with E-state index < -0.39 is 42.8 Å². The van der Waals surface area contributed by atoms with Crippen LogP contribution in [0.3, 0.4) is 0 Å². The summed E-state index contributed by atoms with van der Waals surface area (Å²) < 4.78 is 37.5. The highest BCUT2D eigenvalue weighted by atomic mass is 32.2. The van der Waals surface area contributed by atoms with Gasteiger partial charge in [0.1, 0.15) is 39.1 Å². The number of aliphatic imine (C=N–C) groups is 1. The standard InChI is InChI=1S/C19H28FN5O3S/c1-17(2,3)28-16(26)24-15-18(4,5)29(27)12(9-10-22-29)19(6,25-15)14-11(20)7-8-13(21)23-14/h7-8,12H,9-10H2,1-6H3,(H2,21,23)(H,24,25,26)/t12-,19-,29+/m1/s1. The summed E-state index contributed by atoms with van der Waals surface area (Å²) in [6.07, 6.45) is -0.259. The van der Waals surface area contributed by atoms with Crippen LogP contribution in [-0.4, -0.2) is 43.3 Å². The summed E-state index contributed by atoms with van der Waals surface area (Å²) in [5, 5.41) is 2.06. The molecule has 0 radical (unpaired) electrons. The van der Waals surface area contributed by atoms with Crippen molar-refractivity contribution in [3.8, 4) is 0 Å². The largest absolute Gasteiger partial charge is 0.444 e. The minimum Gasteiger partial charge on any atom is -0.444 e. The van der Waals surface area contributed by atoms with Gasteiger partial charge in [-0.05, 0) is 60.1 Å². The molecule has 0 fully saturated rings. The second-order valence-electron chi connectivity index (χ2n) is 9.01. The third kappa shape index (κ3) is 3.47. The van der Waals surface area contributed by atoms with Gasteiger partial charge in [-0.2, -0.15) is 0 Å². The lowest BCUT2D eigenvalue weighted by molar-refractivity contribution is 0.0560. The van der Waals surface area contributed by atoms with Gasteiger partial charge in [0.25, 0.3) is 0 Å². The summed E-state index contributed by atoms with van der Waals surface area (Å²) in [7, 11) is -2.92. The second kappa shape index (κ2) is 6.65. The van der Waals surface area contributed by atoms with Crippen molar-refractivity contribution in [1.29, 1.82) is 0 Å². The first-order valence-corrected chi connectivity index (χ1v) is 11.0. The van der Waals surface area contributed by atoms with Crippen LogP contribution in [-0.2, 0) is 20.0 Å². The predicted octanol–water partition coefficient (Wildman–Crippen LogP) is 2.97. The summed E-state index contributed by atoms with van der Waals surface area (Å²) in [6.45, 7) is 10.7. The zero-order valence-corrected chi connectivity index (χ0v) is 18.4. The topological polar surface area (TPSA) is 119 Å². The van der Waals surface area contributed by atoms with Crippen molar-refractivity contribution >= 4 is 27.5 Å². The normalized spacial score (nSPS) is 30.7. The number of fused-ring (bicyclic) bond motifs is 1. The Morgan fingerprint density at radius 3 is 2.62 bits per heavy atom. The number of pyridine rings is 1. The molecule has 0 bridgehead atoms. The van der Waals surface area contributed by atoms with Crippen LogP contribution in [0.15, 0.2) is 21.5 Å². The van der Waals surface area contributed by atoms with Crippen molar-refractivity contribution in [3.63, 3.8) is 0 Å². The number of hydrogen-bond acceptors (Lipinski definition) is 7. The van der Waals surface area contributed by atoms with E-state index in [1.54, 1.807) is 41.5 Å². The van der Waals surface area contributed by atoms with Crippen LogP contribution in [0.5, 0.6) is 0 Å². The zero-order chi connectivity index (χ0) is 21.8. The van der Waals surface area contributed by atoms with E-state index in [9.17, 15) is 13.4 Å². The maximum atomic E-state index is 14.8. The molecule has 0 saturated carbocycles. The summed E-state index contributed by atoms with van der Waals surface area (Å²) >= 11 is 0. The number of hydrogen-bond donors (Lipinski definition) is 2. The first-order chi connectivity index (χ1) is 13.2. The molecule has 160 valence electrons. The van der Waals surface area contributed by atoms with Crippen molar-refractivity contribution in [2.24, 2.45) is 9.36 Å². The van der Waals surface area contributed by atoms with E-state index >= 15 is 0 Å².